The molecule has 0 unspecified atom stereocenters. The van der Waals surface area contributed by atoms with E-state index in [1.807, 2.05) is 6.07 Å². The summed E-state index contributed by atoms with van der Waals surface area (Å²) in [6.45, 7) is 5.11. The zero-order valence-corrected chi connectivity index (χ0v) is 11.0. The zero-order valence-electron chi connectivity index (χ0n) is 11.0. The number of hydrogen-bond acceptors (Lipinski definition) is 3. The Hall–Kier alpha value is -1.55. The van der Waals surface area contributed by atoms with E-state index in [4.69, 9.17) is 10.5 Å². The van der Waals surface area contributed by atoms with E-state index < -0.39 is 5.54 Å². The molecule has 0 radical (unpaired) electrons. The van der Waals surface area contributed by atoms with Crippen LogP contribution in [0.3, 0.4) is 0 Å². The monoisotopic (exact) mass is 248 g/mol. The SMILES string of the molecule is CC(C)(NCCc1ccc2c(c1)CCO2)C(N)=O. The molecule has 18 heavy (non-hydrogen) atoms. The van der Waals surface area contributed by atoms with Crippen molar-refractivity contribution in [1.82, 2.24) is 5.32 Å². The number of rotatable bonds is 5. The third-order valence-corrected chi connectivity index (χ3v) is 3.35. The molecule has 0 aromatic heterocycles. The first-order valence-corrected chi connectivity index (χ1v) is 6.28. The van der Waals surface area contributed by atoms with Crippen molar-refractivity contribution in [3.8, 4) is 5.75 Å². The smallest absolute Gasteiger partial charge is 0.237 e. The van der Waals surface area contributed by atoms with Gasteiger partial charge in [0.15, 0.2) is 0 Å². The normalized spacial score (nSPS) is 14.1. The van der Waals surface area contributed by atoms with E-state index >= 15 is 0 Å². The van der Waals surface area contributed by atoms with Crippen molar-refractivity contribution in [3.63, 3.8) is 0 Å². The summed E-state index contributed by atoms with van der Waals surface area (Å²) in [5.41, 5.74) is 7.19. The van der Waals surface area contributed by atoms with Gasteiger partial charge >= 0.3 is 0 Å². The van der Waals surface area contributed by atoms with Crippen LogP contribution in [-0.2, 0) is 17.6 Å². The van der Waals surface area contributed by atoms with Crippen LogP contribution in [0.1, 0.15) is 25.0 Å². The van der Waals surface area contributed by atoms with Crippen molar-refractivity contribution in [2.75, 3.05) is 13.2 Å². The van der Waals surface area contributed by atoms with Gasteiger partial charge in [0.2, 0.25) is 5.91 Å². The summed E-state index contributed by atoms with van der Waals surface area (Å²) in [7, 11) is 0. The van der Waals surface area contributed by atoms with Crippen LogP contribution in [0.25, 0.3) is 0 Å². The third-order valence-electron chi connectivity index (χ3n) is 3.35. The Kier molecular flexibility index (Phi) is 3.57. The van der Waals surface area contributed by atoms with Gasteiger partial charge in [-0.05, 0) is 37.5 Å². The summed E-state index contributed by atoms with van der Waals surface area (Å²) in [4.78, 5) is 11.2. The second-order valence-corrected chi connectivity index (χ2v) is 5.21. The van der Waals surface area contributed by atoms with Crippen LogP contribution >= 0.6 is 0 Å². The lowest BCUT2D eigenvalue weighted by molar-refractivity contribution is -0.123. The van der Waals surface area contributed by atoms with Gasteiger partial charge in [0, 0.05) is 13.0 Å². The fraction of sp³-hybridized carbons (Fsp3) is 0.500. The number of hydrogen-bond donors (Lipinski definition) is 2. The highest BCUT2D eigenvalue weighted by Gasteiger charge is 2.23. The highest BCUT2D eigenvalue weighted by atomic mass is 16.5. The molecule has 2 rings (SSSR count). The number of nitrogens with two attached hydrogens (primary N) is 1. The minimum absolute atomic E-state index is 0.329. The molecule has 3 N–H and O–H groups in total. The summed E-state index contributed by atoms with van der Waals surface area (Å²) in [5, 5.41) is 3.17. The molecular formula is C14H20N2O2. The Morgan fingerprint density at radius 3 is 3.00 bits per heavy atom. The molecule has 98 valence electrons. The second kappa shape index (κ2) is 4.98. The van der Waals surface area contributed by atoms with E-state index in [0.29, 0.717) is 0 Å². The number of primary amides is 1. The van der Waals surface area contributed by atoms with Crippen LogP contribution in [0.4, 0.5) is 0 Å². The average molecular weight is 248 g/mol. The topological polar surface area (TPSA) is 64.3 Å². The van der Waals surface area contributed by atoms with Crippen LogP contribution in [0.5, 0.6) is 5.75 Å². The Morgan fingerprint density at radius 1 is 1.50 bits per heavy atom. The van der Waals surface area contributed by atoms with Crippen LogP contribution in [-0.4, -0.2) is 24.6 Å². The Balaban J connectivity index is 1.89. The van der Waals surface area contributed by atoms with Crippen LogP contribution < -0.4 is 15.8 Å². The quantitative estimate of drug-likeness (QED) is 0.817. The molecule has 1 heterocycles. The van der Waals surface area contributed by atoms with E-state index in [2.05, 4.69) is 17.4 Å². The van der Waals surface area contributed by atoms with Gasteiger partial charge in [-0.15, -0.1) is 0 Å². The number of carbonyl (C=O) groups is 1. The molecular weight excluding hydrogens is 228 g/mol. The van der Waals surface area contributed by atoms with Gasteiger partial charge in [0.05, 0.1) is 12.1 Å². The van der Waals surface area contributed by atoms with Crippen molar-refractivity contribution in [2.45, 2.75) is 32.2 Å². The summed E-state index contributed by atoms with van der Waals surface area (Å²) in [6, 6.07) is 6.28. The molecule has 1 aliphatic rings. The van der Waals surface area contributed by atoms with Gasteiger partial charge in [0.1, 0.15) is 5.75 Å². The lowest BCUT2D eigenvalue weighted by Crippen LogP contribution is -2.51. The molecule has 0 atom stereocenters. The van der Waals surface area contributed by atoms with Crippen LogP contribution in [0.2, 0.25) is 0 Å². The lowest BCUT2D eigenvalue weighted by atomic mass is 10.0. The molecule has 1 aliphatic heterocycles. The summed E-state index contributed by atoms with van der Waals surface area (Å²) in [6.07, 6.45) is 1.87. The lowest BCUT2D eigenvalue weighted by Gasteiger charge is -2.22. The maximum absolute atomic E-state index is 11.2. The molecule has 0 saturated heterocycles. The first kappa shape index (κ1) is 12.9. The van der Waals surface area contributed by atoms with Gasteiger partial charge in [-0.25, -0.2) is 0 Å². The zero-order chi connectivity index (χ0) is 13.2. The average Bonchev–Trinajstić information content (AvgIpc) is 2.75. The molecule has 1 aromatic rings. The molecule has 4 heteroatoms. The number of nitrogens with one attached hydrogen (secondary N) is 1. The highest BCUT2D eigenvalue weighted by molar-refractivity contribution is 5.83. The first-order chi connectivity index (χ1) is 8.49. The Labute approximate surface area is 108 Å². The van der Waals surface area contributed by atoms with Gasteiger partial charge in [0.25, 0.3) is 0 Å². The van der Waals surface area contributed by atoms with Crippen molar-refractivity contribution >= 4 is 5.91 Å². The number of benzene rings is 1. The molecule has 4 nitrogen and oxygen atoms in total. The molecule has 0 saturated carbocycles. The van der Waals surface area contributed by atoms with E-state index in [-0.39, 0.29) is 5.91 Å². The Bertz CT molecular complexity index is 455. The standard InChI is InChI=1S/C14H20N2O2/c1-14(2,13(15)17)16-7-5-10-3-4-12-11(9-10)6-8-18-12/h3-4,9,16H,5-8H2,1-2H3,(H2,15,17). The predicted octanol–water partition coefficient (Wildman–Crippen LogP) is 1.02. The molecule has 0 fully saturated rings. The fourth-order valence-corrected chi connectivity index (χ4v) is 2.00. The summed E-state index contributed by atoms with van der Waals surface area (Å²) < 4.78 is 5.47. The summed E-state index contributed by atoms with van der Waals surface area (Å²) >= 11 is 0. The molecule has 0 bridgehead atoms. The largest absolute Gasteiger partial charge is 0.493 e. The van der Waals surface area contributed by atoms with Crippen molar-refractivity contribution in [3.05, 3.63) is 29.3 Å². The molecule has 1 amide bonds. The van der Waals surface area contributed by atoms with E-state index in [0.717, 1.165) is 31.7 Å². The fourth-order valence-electron chi connectivity index (χ4n) is 2.00. The number of amides is 1. The van der Waals surface area contributed by atoms with Gasteiger partial charge in [-0.2, -0.15) is 0 Å². The minimum Gasteiger partial charge on any atom is -0.493 e. The van der Waals surface area contributed by atoms with Crippen LogP contribution in [0, 0.1) is 0 Å². The maximum atomic E-state index is 11.2. The summed E-state index contributed by atoms with van der Waals surface area (Å²) in [5.74, 6) is 0.675. The number of fused-ring (bicyclic) bond motifs is 1. The van der Waals surface area contributed by atoms with E-state index in [9.17, 15) is 4.79 Å². The molecule has 1 aromatic carbocycles. The molecule has 0 spiro atoms. The van der Waals surface area contributed by atoms with Crippen LogP contribution in [0.15, 0.2) is 18.2 Å². The van der Waals surface area contributed by atoms with Crippen molar-refractivity contribution < 1.29 is 9.53 Å². The van der Waals surface area contributed by atoms with Gasteiger partial charge < -0.3 is 15.8 Å². The Morgan fingerprint density at radius 2 is 2.28 bits per heavy atom. The first-order valence-electron chi connectivity index (χ1n) is 6.28. The third kappa shape index (κ3) is 2.82. The number of ether oxygens (including phenoxy) is 1. The van der Waals surface area contributed by atoms with E-state index in [1.165, 1.54) is 11.1 Å². The highest BCUT2D eigenvalue weighted by Crippen LogP contribution is 2.25. The predicted molar refractivity (Wildman–Crippen MR) is 70.6 cm³/mol. The second-order valence-electron chi connectivity index (χ2n) is 5.21. The number of carbonyl (C=O) groups excluding carboxylic acids is 1. The van der Waals surface area contributed by atoms with Crippen molar-refractivity contribution in [2.24, 2.45) is 5.73 Å². The maximum Gasteiger partial charge on any atom is 0.237 e. The van der Waals surface area contributed by atoms with Gasteiger partial charge in [-0.1, -0.05) is 12.1 Å². The minimum atomic E-state index is -0.653. The molecule has 0 aliphatic carbocycles. The van der Waals surface area contributed by atoms with E-state index in [1.54, 1.807) is 13.8 Å². The van der Waals surface area contributed by atoms with Crippen molar-refractivity contribution in [1.29, 1.82) is 0 Å². The van der Waals surface area contributed by atoms with Gasteiger partial charge in [-0.3, -0.25) is 4.79 Å².